The maximum absolute atomic E-state index is 11.0. The van der Waals surface area contributed by atoms with E-state index >= 15 is 0 Å². The second-order valence-electron chi connectivity index (χ2n) is 6.05. The zero-order chi connectivity index (χ0) is 20.1. The average Bonchev–Trinajstić information content (AvgIpc) is 3.10. The molecule has 1 heterocycles. The molecule has 8 heteroatoms. The lowest BCUT2D eigenvalue weighted by atomic mass is 10.1. The summed E-state index contributed by atoms with van der Waals surface area (Å²) in [5, 5.41) is 20.4. The van der Waals surface area contributed by atoms with Gasteiger partial charge in [-0.1, -0.05) is 30.0 Å². The monoisotopic (exact) mass is 396 g/mol. The molecule has 0 bridgehead atoms. The second kappa shape index (κ2) is 8.71. The van der Waals surface area contributed by atoms with E-state index in [1.165, 1.54) is 17.8 Å². The highest BCUT2D eigenvalue weighted by Gasteiger charge is 2.18. The lowest BCUT2D eigenvalue weighted by Crippen LogP contribution is -2.02. The van der Waals surface area contributed by atoms with Gasteiger partial charge in [-0.3, -0.25) is 14.7 Å². The van der Waals surface area contributed by atoms with Crippen LogP contribution in [0.4, 0.5) is 5.69 Å². The van der Waals surface area contributed by atoms with E-state index < -0.39 is 0 Å². The van der Waals surface area contributed by atoms with E-state index in [2.05, 4.69) is 16.8 Å². The number of nitro benzene ring substituents is 1. The van der Waals surface area contributed by atoms with Crippen molar-refractivity contribution in [2.75, 3.05) is 7.11 Å². The summed E-state index contributed by atoms with van der Waals surface area (Å²) in [6, 6.07) is 14.3. The van der Waals surface area contributed by atoms with Crippen molar-refractivity contribution in [3.63, 3.8) is 0 Å². The molecule has 3 aromatic rings. The number of nitro groups is 1. The Balaban J connectivity index is 1.89. The summed E-state index contributed by atoms with van der Waals surface area (Å²) < 4.78 is 7.18. The van der Waals surface area contributed by atoms with Crippen LogP contribution >= 0.6 is 11.8 Å². The van der Waals surface area contributed by atoms with Gasteiger partial charge in [0, 0.05) is 29.5 Å². The molecular formula is C20H20N4O3S. The molecule has 144 valence electrons. The van der Waals surface area contributed by atoms with Crippen molar-refractivity contribution >= 4 is 17.4 Å². The molecule has 0 amide bonds. The highest BCUT2D eigenvalue weighted by atomic mass is 32.2. The molecule has 0 fully saturated rings. The van der Waals surface area contributed by atoms with Crippen molar-refractivity contribution in [3.8, 4) is 17.1 Å². The summed E-state index contributed by atoms with van der Waals surface area (Å²) >= 11 is 1.50. The largest absolute Gasteiger partial charge is 0.497 e. The molecule has 0 spiro atoms. The first kappa shape index (κ1) is 19.6. The van der Waals surface area contributed by atoms with Crippen LogP contribution in [0.3, 0.4) is 0 Å². The Morgan fingerprint density at radius 1 is 1.29 bits per heavy atom. The number of non-ortho nitro benzene ring substituents is 1. The van der Waals surface area contributed by atoms with Gasteiger partial charge in [-0.25, -0.2) is 0 Å². The van der Waals surface area contributed by atoms with Gasteiger partial charge in [0.05, 0.1) is 12.0 Å². The molecular weight excluding hydrogens is 376 g/mol. The molecule has 1 aromatic heterocycles. The van der Waals surface area contributed by atoms with Crippen LogP contribution in [0.2, 0.25) is 0 Å². The number of nitrogens with zero attached hydrogens (tertiary/aromatic N) is 4. The lowest BCUT2D eigenvalue weighted by Gasteiger charge is -2.13. The number of benzene rings is 2. The highest BCUT2D eigenvalue weighted by Crippen LogP contribution is 2.36. The van der Waals surface area contributed by atoms with Crippen LogP contribution in [0.1, 0.15) is 17.7 Å². The quantitative estimate of drug-likeness (QED) is 0.233. The van der Waals surface area contributed by atoms with E-state index in [1.807, 2.05) is 41.8 Å². The molecule has 0 radical (unpaired) electrons. The molecule has 0 aliphatic carbocycles. The van der Waals surface area contributed by atoms with Crippen molar-refractivity contribution in [2.24, 2.45) is 0 Å². The van der Waals surface area contributed by atoms with Crippen LogP contribution in [0.25, 0.3) is 11.4 Å². The number of aromatic nitrogens is 3. The molecule has 1 unspecified atom stereocenters. The van der Waals surface area contributed by atoms with Gasteiger partial charge in [-0.2, -0.15) is 0 Å². The van der Waals surface area contributed by atoms with Gasteiger partial charge in [0.15, 0.2) is 11.0 Å². The van der Waals surface area contributed by atoms with Crippen LogP contribution in [0.5, 0.6) is 5.75 Å². The molecule has 0 N–H and O–H groups in total. The summed E-state index contributed by atoms with van der Waals surface area (Å²) in [7, 11) is 1.62. The normalized spacial score (nSPS) is 11.8. The third kappa shape index (κ3) is 4.23. The Labute approximate surface area is 167 Å². The molecule has 1 atom stereocenters. The summed E-state index contributed by atoms with van der Waals surface area (Å²) in [5.74, 6) is 1.50. The first-order chi connectivity index (χ1) is 13.5. The Bertz CT molecular complexity index is 985. The Morgan fingerprint density at radius 2 is 2.04 bits per heavy atom. The number of hydrogen-bond acceptors (Lipinski definition) is 6. The van der Waals surface area contributed by atoms with Gasteiger partial charge in [0.25, 0.3) is 5.69 Å². The predicted octanol–water partition coefficient (Wildman–Crippen LogP) is 4.90. The summed E-state index contributed by atoms with van der Waals surface area (Å²) in [6.07, 6.45) is 1.79. The average molecular weight is 396 g/mol. The molecule has 7 nitrogen and oxygen atoms in total. The Hall–Kier alpha value is -3.13. The molecule has 0 saturated carbocycles. The number of allylic oxidation sites excluding steroid dienone is 1. The fraction of sp³-hybridized carbons (Fsp3) is 0.200. The maximum Gasteiger partial charge on any atom is 0.269 e. The lowest BCUT2D eigenvalue weighted by molar-refractivity contribution is -0.384. The Kier molecular flexibility index (Phi) is 6.10. The van der Waals surface area contributed by atoms with E-state index in [0.717, 1.165) is 27.9 Å². The highest BCUT2D eigenvalue weighted by molar-refractivity contribution is 7.99. The summed E-state index contributed by atoms with van der Waals surface area (Å²) in [4.78, 5) is 10.6. The molecule has 28 heavy (non-hydrogen) atoms. The minimum Gasteiger partial charge on any atom is -0.497 e. The minimum atomic E-state index is -0.386. The SMILES string of the molecule is C=CCn1c(SC(C)c2cccc([N+](=O)[O-])c2)nnc1-c1ccc(OC)cc1. The smallest absolute Gasteiger partial charge is 0.269 e. The number of hydrogen-bond donors (Lipinski definition) is 0. The third-order valence-corrected chi connectivity index (χ3v) is 5.35. The van der Waals surface area contributed by atoms with E-state index in [1.54, 1.807) is 25.3 Å². The van der Waals surface area contributed by atoms with Gasteiger partial charge in [-0.05, 0) is 36.8 Å². The zero-order valence-corrected chi connectivity index (χ0v) is 16.4. The van der Waals surface area contributed by atoms with Gasteiger partial charge in [0.2, 0.25) is 0 Å². The fourth-order valence-corrected chi connectivity index (χ4v) is 3.72. The number of methoxy groups -OCH3 is 1. The number of ether oxygens (including phenoxy) is 1. The van der Waals surface area contributed by atoms with Crippen LogP contribution in [0.15, 0.2) is 66.3 Å². The van der Waals surface area contributed by atoms with Gasteiger partial charge < -0.3 is 4.74 Å². The molecule has 0 aliphatic rings. The van der Waals surface area contributed by atoms with Crippen molar-refractivity contribution in [1.29, 1.82) is 0 Å². The maximum atomic E-state index is 11.0. The van der Waals surface area contributed by atoms with Crippen LogP contribution in [-0.2, 0) is 6.54 Å². The molecule has 3 rings (SSSR count). The van der Waals surface area contributed by atoms with Crippen LogP contribution in [-0.4, -0.2) is 26.8 Å². The summed E-state index contributed by atoms with van der Waals surface area (Å²) in [5.41, 5.74) is 1.86. The standard InChI is InChI=1S/C20H20N4O3S/c1-4-12-23-19(15-8-10-18(27-3)11-9-15)21-22-20(23)28-14(2)16-6-5-7-17(13-16)24(25)26/h4-11,13-14H,1,12H2,2-3H3. The number of thioether (sulfide) groups is 1. The topological polar surface area (TPSA) is 83.1 Å². The van der Waals surface area contributed by atoms with Crippen molar-refractivity contribution in [2.45, 2.75) is 23.9 Å². The fourth-order valence-electron chi connectivity index (χ4n) is 2.74. The van der Waals surface area contributed by atoms with Crippen LogP contribution < -0.4 is 4.74 Å². The van der Waals surface area contributed by atoms with Crippen molar-refractivity contribution in [3.05, 3.63) is 76.9 Å². The van der Waals surface area contributed by atoms with E-state index in [4.69, 9.17) is 4.74 Å². The zero-order valence-electron chi connectivity index (χ0n) is 15.6. The summed E-state index contributed by atoms with van der Waals surface area (Å²) in [6.45, 7) is 6.37. The number of rotatable bonds is 8. The van der Waals surface area contributed by atoms with E-state index in [0.29, 0.717) is 6.54 Å². The molecule has 0 aliphatic heterocycles. The van der Waals surface area contributed by atoms with Gasteiger partial charge in [-0.15, -0.1) is 16.8 Å². The first-order valence-electron chi connectivity index (χ1n) is 8.63. The van der Waals surface area contributed by atoms with Crippen molar-refractivity contribution in [1.82, 2.24) is 14.8 Å². The van der Waals surface area contributed by atoms with E-state index in [9.17, 15) is 10.1 Å². The van der Waals surface area contributed by atoms with Crippen LogP contribution in [0, 0.1) is 10.1 Å². The van der Waals surface area contributed by atoms with Gasteiger partial charge in [0.1, 0.15) is 5.75 Å². The Morgan fingerprint density at radius 3 is 2.68 bits per heavy atom. The minimum absolute atomic E-state index is 0.0311. The van der Waals surface area contributed by atoms with Gasteiger partial charge >= 0.3 is 0 Å². The molecule has 2 aromatic carbocycles. The van der Waals surface area contributed by atoms with E-state index in [-0.39, 0.29) is 15.9 Å². The predicted molar refractivity (Wildman–Crippen MR) is 110 cm³/mol. The third-order valence-electron chi connectivity index (χ3n) is 4.21. The molecule has 0 saturated heterocycles. The van der Waals surface area contributed by atoms with Crippen molar-refractivity contribution < 1.29 is 9.66 Å². The second-order valence-corrected chi connectivity index (χ2v) is 7.35. The first-order valence-corrected chi connectivity index (χ1v) is 9.51.